The van der Waals surface area contributed by atoms with Crippen molar-refractivity contribution in [2.45, 2.75) is 69.6 Å². The highest BCUT2D eigenvalue weighted by atomic mass is 32.1. The van der Waals surface area contributed by atoms with E-state index in [9.17, 15) is 24.0 Å². The summed E-state index contributed by atoms with van der Waals surface area (Å²) in [5.41, 5.74) is 28.0. The van der Waals surface area contributed by atoms with E-state index in [0.717, 1.165) is 4.70 Å². The third kappa shape index (κ3) is 11.0. The van der Waals surface area contributed by atoms with Gasteiger partial charge < -0.3 is 44.6 Å². The highest BCUT2D eigenvalue weighted by molar-refractivity contribution is 7.20. The van der Waals surface area contributed by atoms with Gasteiger partial charge in [-0.3, -0.25) is 29.0 Å². The number of guanidine groups is 1. The molecule has 0 bridgehead atoms. The lowest BCUT2D eigenvalue weighted by atomic mass is 10.1. The van der Waals surface area contributed by atoms with Crippen molar-refractivity contribution in [3.8, 4) is 0 Å². The lowest BCUT2D eigenvalue weighted by Gasteiger charge is -2.23. The van der Waals surface area contributed by atoms with Gasteiger partial charge in [0.15, 0.2) is 11.0 Å². The van der Waals surface area contributed by atoms with Crippen molar-refractivity contribution in [3.05, 3.63) is 29.3 Å². The number of Topliss-reactive ketones (excluding diaryl/α,β-unsaturated/α-hetero) is 1. The quantitative estimate of drug-likeness (QED) is 0.0415. The first-order valence-corrected chi connectivity index (χ1v) is 14.3. The molecule has 42 heavy (non-hydrogen) atoms. The molecule has 13 N–H and O–H groups in total. The molecule has 4 amide bonds. The molecule has 16 heteroatoms. The van der Waals surface area contributed by atoms with E-state index in [1.165, 1.54) is 18.3 Å². The molecule has 1 aromatic carbocycles. The summed E-state index contributed by atoms with van der Waals surface area (Å²) in [6, 6.07) is 2.84. The topological polar surface area (TPSA) is 277 Å². The van der Waals surface area contributed by atoms with Crippen molar-refractivity contribution in [2.75, 3.05) is 13.1 Å². The van der Waals surface area contributed by atoms with Gasteiger partial charge in [-0.05, 0) is 51.3 Å². The summed E-state index contributed by atoms with van der Waals surface area (Å²) < 4.78 is 0.814. The Hall–Kier alpha value is -4.15. The van der Waals surface area contributed by atoms with Crippen LogP contribution in [0.25, 0.3) is 10.2 Å². The summed E-state index contributed by atoms with van der Waals surface area (Å²) in [4.78, 5) is 71.8. The Morgan fingerprint density at radius 1 is 0.905 bits per heavy atom. The number of hydrogen-bond donors (Lipinski definition) is 8. The summed E-state index contributed by atoms with van der Waals surface area (Å²) in [5.74, 6) is -3.49. The van der Waals surface area contributed by atoms with Gasteiger partial charge in [-0.2, -0.15) is 0 Å². The number of amides is 4. The summed E-state index contributed by atoms with van der Waals surface area (Å²) >= 11 is 1.20. The van der Waals surface area contributed by atoms with Gasteiger partial charge in [0.25, 0.3) is 0 Å². The number of hydrogen-bond acceptors (Lipinski definition) is 10. The van der Waals surface area contributed by atoms with E-state index >= 15 is 0 Å². The van der Waals surface area contributed by atoms with Gasteiger partial charge in [-0.1, -0.05) is 18.6 Å². The second kappa shape index (κ2) is 17.0. The SMILES string of the molecule is C[C@H](NC(=O)[C@H](CC(N)=O)NC(=O)[C@@H](N)CCCCN)C(=O)N[C@@H](CCCN=C(N)N)C(=O)c1nc2ccccc2s1. The number of benzene rings is 1. The van der Waals surface area contributed by atoms with Gasteiger partial charge in [0, 0.05) is 6.54 Å². The number of carbonyl (C=O) groups is 5. The molecule has 0 aliphatic rings. The van der Waals surface area contributed by atoms with Crippen LogP contribution in [0.15, 0.2) is 29.3 Å². The fourth-order valence-electron chi connectivity index (χ4n) is 3.90. The van der Waals surface area contributed by atoms with E-state index in [1.54, 1.807) is 12.1 Å². The number of unbranched alkanes of at least 4 members (excludes halogenated alkanes) is 1. The molecule has 0 spiro atoms. The Labute approximate surface area is 247 Å². The fourth-order valence-corrected chi connectivity index (χ4v) is 4.86. The number of primary amides is 1. The lowest BCUT2D eigenvalue weighted by molar-refractivity contribution is -0.133. The first-order valence-electron chi connectivity index (χ1n) is 13.5. The molecule has 0 aliphatic heterocycles. The number of rotatable bonds is 18. The number of nitrogens with one attached hydrogen (secondary N) is 3. The molecule has 0 unspecified atom stereocenters. The van der Waals surface area contributed by atoms with Crippen molar-refractivity contribution in [2.24, 2.45) is 33.7 Å². The van der Waals surface area contributed by atoms with E-state index in [2.05, 4.69) is 25.9 Å². The minimum Gasteiger partial charge on any atom is -0.370 e. The van der Waals surface area contributed by atoms with Crippen LogP contribution in [0.2, 0.25) is 0 Å². The zero-order valence-electron chi connectivity index (χ0n) is 23.5. The Morgan fingerprint density at radius 2 is 1.60 bits per heavy atom. The average molecular weight is 605 g/mol. The van der Waals surface area contributed by atoms with Gasteiger partial charge in [-0.25, -0.2) is 4.98 Å². The van der Waals surface area contributed by atoms with Crippen LogP contribution in [0, 0.1) is 0 Å². The summed E-state index contributed by atoms with van der Waals surface area (Å²) in [5, 5.41) is 7.76. The number of aliphatic imine (C=N–C) groups is 1. The van der Waals surface area contributed by atoms with E-state index in [0.29, 0.717) is 37.7 Å². The van der Waals surface area contributed by atoms with Crippen LogP contribution in [0.5, 0.6) is 0 Å². The normalized spacial score (nSPS) is 13.8. The van der Waals surface area contributed by atoms with Crippen LogP contribution in [0.1, 0.15) is 55.3 Å². The predicted octanol–water partition coefficient (Wildman–Crippen LogP) is -1.66. The van der Waals surface area contributed by atoms with Crippen LogP contribution in [0.3, 0.4) is 0 Å². The molecule has 2 aromatic rings. The van der Waals surface area contributed by atoms with Crippen molar-refractivity contribution in [1.82, 2.24) is 20.9 Å². The first-order chi connectivity index (χ1) is 19.9. The molecular formula is C26H40N10O5S. The van der Waals surface area contributed by atoms with Crippen LogP contribution in [0.4, 0.5) is 0 Å². The number of aromatic nitrogens is 1. The average Bonchev–Trinajstić information content (AvgIpc) is 3.37. The monoisotopic (exact) mass is 604 g/mol. The van der Waals surface area contributed by atoms with E-state index in [1.807, 2.05) is 12.1 Å². The number of thiazole rings is 1. The van der Waals surface area contributed by atoms with E-state index in [-0.39, 0.29) is 23.9 Å². The first kappa shape index (κ1) is 34.1. The Morgan fingerprint density at radius 3 is 2.24 bits per heavy atom. The third-order valence-electron chi connectivity index (χ3n) is 6.18. The second-order valence-corrected chi connectivity index (χ2v) is 10.7. The number of carbonyl (C=O) groups excluding carboxylic acids is 5. The molecule has 1 aromatic heterocycles. The van der Waals surface area contributed by atoms with Gasteiger partial charge in [0.05, 0.1) is 28.7 Å². The molecule has 0 saturated heterocycles. The number of fused-ring (bicyclic) bond motifs is 1. The maximum absolute atomic E-state index is 13.4. The maximum Gasteiger partial charge on any atom is 0.243 e. The summed E-state index contributed by atoms with van der Waals surface area (Å²) in [6.07, 6.45) is 1.68. The molecule has 2 rings (SSSR count). The number of ketones is 1. The fraction of sp³-hybridized carbons (Fsp3) is 0.500. The van der Waals surface area contributed by atoms with Gasteiger partial charge >= 0.3 is 0 Å². The molecule has 4 atom stereocenters. The Kier molecular flexibility index (Phi) is 13.7. The van der Waals surface area contributed by atoms with Crippen LogP contribution >= 0.6 is 11.3 Å². The molecule has 0 aliphatic carbocycles. The molecule has 0 radical (unpaired) electrons. The van der Waals surface area contributed by atoms with Crippen LogP contribution < -0.4 is 44.6 Å². The number of nitrogens with two attached hydrogens (primary N) is 5. The molecule has 230 valence electrons. The van der Waals surface area contributed by atoms with Crippen molar-refractivity contribution < 1.29 is 24.0 Å². The zero-order valence-corrected chi connectivity index (χ0v) is 24.3. The lowest BCUT2D eigenvalue weighted by Crippen LogP contribution is -2.57. The third-order valence-corrected chi connectivity index (χ3v) is 7.23. The van der Waals surface area contributed by atoms with Crippen LogP contribution in [-0.4, -0.2) is 77.6 Å². The zero-order chi connectivity index (χ0) is 31.2. The van der Waals surface area contributed by atoms with Crippen molar-refractivity contribution >= 4 is 56.9 Å². The number of nitrogens with zero attached hydrogens (tertiary/aromatic N) is 2. The van der Waals surface area contributed by atoms with Gasteiger partial charge in [0.2, 0.25) is 29.4 Å². The molecular weight excluding hydrogens is 564 g/mol. The minimum absolute atomic E-state index is 0.0986. The maximum atomic E-state index is 13.4. The molecule has 15 nitrogen and oxygen atoms in total. The largest absolute Gasteiger partial charge is 0.370 e. The second-order valence-electron chi connectivity index (χ2n) is 9.71. The highest BCUT2D eigenvalue weighted by Crippen LogP contribution is 2.23. The van der Waals surface area contributed by atoms with Crippen LogP contribution in [-0.2, 0) is 19.2 Å². The molecule has 0 saturated carbocycles. The molecule has 0 fully saturated rings. The standard InChI is InChI=1S/C26H40N10O5S/c1-14(33-24(41)18(13-20(29)37)35-23(40)15(28)7-4-5-11-27)22(39)34-17(9-6-12-32-26(30)31)21(38)25-36-16-8-2-3-10-19(16)42-25/h2-3,8,10,14-15,17-18H,4-7,9,11-13,27-28H2,1H3,(H2,29,37)(H,33,41)(H,34,39)(H,35,40)(H4,30,31,32)/t14-,15-,17-,18-/m0/s1. The summed E-state index contributed by atoms with van der Waals surface area (Å²) in [7, 11) is 0. The van der Waals surface area contributed by atoms with E-state index in [4.69, 9.17) is 28.7 Å². The van der Waals surface area contributed by atoms with Gasteiger partial charge in [0.1, 0.15) is 12.1 Å². The predicted molar refractivity (Wildman–Crippen MR) is 160 cm³/mol. The Bertz CT molecular complexity index is 1250. The minimum atomic E-state index is -1.36. The van der Waals surface area contributed by atoms with Crippen molar-refractivity contribution in [3.63, 3.8) is 0 Å². The molecule has 1 heterocycles. The van der Waals surface area contributed by atoms with Gasteiger partial charge in [-0.15, -0.1) is 11.3 Å². The number of para-hydroxylation sites is 1. The van der Waals surface area contributed by atoms with Crippen molar-refractivity contribution in [1.29, 1.82) is 0 Å². The highest BCUT2D eigenvalue weighted by Gasteiger charge is 2.30. The Balaban J connectivity index is 2.10. The summed E-state index contributed by atoms with van der Waals surface area (Å²) in [6.45, 7) is 2.08. The van der Waals surface area contributed by atoms with E-state index < -0.39 is 60.0 Å². The smallest absolute Gasteiger partial charge is 0.243 e.